The first-order chi connectivity index (χ1) is 8.41. The van der Waals surface area contributed by atoms with Gasteiger partial charge in [0.25, 0.3) is 0 Å². The second-order valence-corrected chi connectivity index (χ2v) is 6.66. The molecule has 1 aliphatic heterocycles. The van der Waals surface area contributed by atoms with Crippen LogP contribution < -0.4 is 5.73 Å². The number of rotatable bonds is 2. The lowest BCUT2D eigenvalue weighted by Gasteiger charge is -2.22. The standard InChI is InChI=1S/C16H26N2/c1-16(2,3)14-7-5-13(6-8-14)15-9-12(10-17)11-18(15)4/h5-8,12,15H,9-11,17H2,1-4H3. The van der Waals surface area contributed by atoms with Crippen LogP contribution in [0.2, 0.25) is 0 Å². The van der Waals surface area contributed by atoms with Crippen LogP contribution >= 0.6 is 0 Å². The van der Waals surface area contributed by atoms with Crippen molar-refractivity contribution >= 4 is 0 Å². The molecule has 0 bridgehead atoms. The van der Waals surface area contributed by atoms with E-state index in [0.29, 0.717) is 12.0 Å². The zero-order valence-corrected chi connectivity index (χ0v) is 12.1. The number of nitrogens with zero attached hydrogens (tertiary/aromatic N) is 1. The Morgan fingerprint density at radius 3 is 2.28 bits per heavy atom. The number of benzene rings is 1. The van der Waals surface area contributed by atoms with Gasteiger partial charge in [-0.25, -0.2) is 0 Å². The molecule has 1 fully saturated rings. The molecule has 2 rings (SSSR count). The van der Waals surface area contributed by atoms with E-state index in [1.54, 1.807) is 0 Å². The van der Waals surface area contributed by atoms with Crippen molar-refractivity contribution in [2.45, 2.75) is 38.6 Å². The lowest BCUT2D eigenvalue weighted by atomic mass is 9.86. The number of hydrogen-bond acceptors (Lipinski definition) is 2. The third kappa shape index (κ3) is 2.76. The molecule has 0 saturated carbocycles. The molecule has 0 spiro atoms. The fraction of sp³-hybridized carbons (Fsp3) is 0.625. The Bertz CT molecular complexity index is 389. The average molecular weight is 246 g/mol. The fourth-order valence-corrected chi connectivity index (χ4v) is 2.87. The Hall–Kier alpha value is -0.860. The molecule has 0 amide bonds. The Morgan fingerprint density at radius 1 is 1.22 bits per heavy atom. The highest BCUT2D eigenvalue weighted by Gasteiger charge is 2.29. The minimum atomic E-state index is 0.236. The SMILES string of the molecule is CN1CC(CN)CC1c1ccc(C(C)(C)C)cc1. The van der Waals surface area contributed by atoms with E-state index < -0.39 is 0 Å². The van der Waals surface area contributed by atoms with Crippen LogP contribution in [-0.4, -0.2) is 25.0 Å². The van der Waals surface area contributed by atoms with E-state index >= 15 is 0 Å². The lowest BCUT2D eigenvalue weighted by molar-refractivity contribution is 0.313. The first kappa shape index (κ1) is 13.6. The zero-order chi connectivity index (χ0) is 13.3. The molecular weight excluding hydrogens is 220 g/mol. The second kappa shape index (κ2) is 5.02. The molecule has 1 saturated heterocycles. The van der Waals surface area contributed by atoms with Gasteiger partial charge < -0.3 is 5.73 Å². The zero-order valence-electron chi connectivity index (χ0n) is 12.1. The predicted molar refractivity (Wildman–Crippen MR) is 77.7 cm³/mol. The monoisotopic (exact) mass is 246 g/mol. The molecule has 2 unspecified atom stereocenters. The van der Waals surface area contributed by atoms with Crippen molar-refractivity contribution in [3.63, 3.8) is 0 Å². The Labute approximate surface area is 111 Å². The summed E-state index contributed by atoms with van der Waals surface area (Å²) in [6, 6.07) is 9.69. The summed E-state index contributed by atoms with van der Waals surface area (Å²) in [6.07, 6.45) is 1.20. The van der Waals surface area contributed by atoms with Gasteiger partial charge in [0.2, 0.25) is 0 Å². The third-order valence-corrected chi connectivity index (χ3v) is 4.13. The molecule has 2 nitrogen and oxygen atoms in total. The number of likely N-dealkylation sites (tertiary alicyclic amines) is 1. The first-order valence-corrected chi connectivity index (χ1v) is 6.92. The van der Waals surface area contributed by atoms with E-state index in [1.165, 1.54) is 17.5 Å². The fourth-order valence-electron chi connectivity index (χ4n) is 2.87. The summed E-state index contributed by atoms with van der Waals surface area (Å²) in [4.78, 5) is 2.43. The highest BCUT2D eigenvalue weighted by Crippen LogP contribution is 2.34. The summed E-state index contributed by atoms with van der Waals surface area (Å²) in [6.45, 7) is 8.71. The molecule has 1 aromatic rings. The van der Waals surface area contributed by atoms with Crippen LogP contribution in [0.15, 0.2) is 24.3 Å². The van der Waals surface area contributed by atoms with Crippen molar-refractivity contribution in [1.82, 2.24) is 4.90 Å². The summed E-state index contributed by atoms with van der Waals surface area (Å²) in [5.41, 5.74) is 8.86. The third-order valence-electron chi connectivity index (χ3n) is 4.13. The smallest absolute Gasteiger partial charge is 0.0348 e. The number of nitrogens with two attached hydrogens (primary N) is 1. The highest BCUT2D eigenvalue weighted by atomic mass is 15.2. The maximum absolute atomic E-state index is 5.79. The molecule has 18 heavy (non-hydrogen) atoms. The summed E-state index contributed by atoms with van der Waals surface area (Å²) in [5.74, 6) is 0.655. The minimum absolute atomic E-state index is 0.236. The highest BCUT2D eigenvalue weighted by molar-refractivity contribution is 5.29. The van der Waals surface area contributed by atoms with Gasteiger partial charge in [-0.3, -0.25) is 4.90 Å². The second-order valence-electron chi connectivity index (χ2n) is 6.66. The molecule has 0 aromatic heterocycles. The average Bonchev–Trinajstić information content (AvgIpc) is 2.70. The Balaban J connectivity index is 2.15. The predicted octanol–water partition coefficient (Wildman–Crippen LogP) is 2.94. The van der Waals surface area contributed by atoms with Crippen LogP contribution in [0.1, 0.15) is 44.4 Å². The largest absolute Gasteiger partial charge is 0.330 e. The van der Waals surface area contributed by atoms with Crippen LogP contribution in [0.4, 0.5) is 0 Å². The van der Waals surface area contributed by atoms with Gasteiger partial charge in [0.1, 0.15) is 0 Å². The van der Waals surface area contributed by atoms with E-state index in [4.69, 9.17) is 5.73 Å². The van der Waals surface area contributed by atoms with Gasteiger partial charge in [0, 0.05) is 12.6 Å². The van der Waals surface area contributed by atoms with Crippen LogP contribution in [0.5, 0.6) is 0 Å². The summed E-state index contributed by atoms with van der Waals surface area (Å²) < 4.78 is 0. The molecule has 1 heterocycles. The molecule has 0 radical (unpaired) electrons. The Morgan fingerprint density at radius 2 is 1.83 bits per heavy atom. The van der Waals surface area contributed by atoms with Gasteiger partial charge in [-0.1, -0.05) is 45.0 Å². The van der Waals surface area contributed by atoms with Crippen LogP contribution in [-0.2, 0) is 5.41 Å². The van der Waals surface area contributed by atoms with Gasteiger partial charge in [-0.05, 0) is 42.5 Å². The van der Waals surface area contributed by atoms with Crippen molar-refractivity contribution in [3.8, 4) is 0 Å². The summed E-state index contributed by atoms with van der Waals surface area (Å²) >= 11 is 0. The van der Waals surface area contributed by atoms with Gasteiger partial charge in [0.05, 0.1) is 0 Å². The normalized spacial score (nSPS) is 25.6. The molecule has 1 aromatic carbocycles. The van der Waals surface area contributed by atoms with Gasteiger partial charge in [-0.15, -0.1) is 0 Å². The summed E-state index contributed by atoms with van der Waals surface area (Å²) in [7, 11) is 2.21. The van der Waals surface area contributed by atoms with Crippen molar-refractivity contribution in [2.24, 2.45) is 11.7 Å². The molecule has 100 valence electrons. The van der Waals surface area contributed by atoms with Crippen LogP contribution in [0, 0.1) is 5.92 Å². The van der Waals surface area contributed by atoms with E-state index in [2.05, 4.69) is 57.0 Å². The molecule has 1 aliphatic rings. The lowest BCUT2D eigenvalue weighted by Crippen LogP contribution is -2.20. The van der Waals surface area contributed by atoms with Crippen LogP contribution in [0.3, 0.4) is 0 Å². The van der Waals surface area contributed by atoms with E-state index in [1.807, 2.05) is 0 Å². The molecule has 2 N–H and O–H groups in total. The van der Waals surface area contributed by atoms with Gasteiger partial charge in [0.15, 0.2) is 0 Å². The van der Waals surface area contributed by atoms with Crippen molar-refractivity contribution < 1.29 is 0 Å². The van der Waals surface area contributed by atoms with Gasteiger partial charge in [-0.2, -0.15) is 0 Å². The molecule has 0 aliphatic carbocycles. The molecular formula is C16H26N2. The van der Waals surface area contributed by atoms with E-state index in [0.717, 1.165) is 13.1 Å². The van der Waals surface area contributed by atoms with E-state index in [9.17, 15) is 0 Å². The Kier molecular flexibility index (Phi) is 3.79. The summed E-state index contributed by atoms with van der Waals surface area (Å²) in [5, 5.41) is 0. The maximum atomic E-state index is 5.79. The van der Waals surface area contributed by atoms with Crippen LogP contribution in [0.25, 0.3) is 0 Å². The number of hydrogen-bond donors (Lipinski definition) is 1. The first-order valence-electron chi connectivity index (χ1n) is 6.92. The van der Waals surface area contributed by atoms with Gasteiger partial charge >= 0.3 is 0 Å². The topological polar surface area (TPSA) is 29.3 Å². The van der Waals surface area contributed by atoms with E-state index in [-0.39, 0.29) is 5.41 Å². The minimum Gasteiger partial charge on any atom is -0.330 e. The van der Waals surface area contributed by atoms with Crippen molar-refractivity contribution in [1.29, 1.82) is 0 Å². The maximum Gasteiger partial charge on any atom is 0.0348 e. The van der Waals surface area contributed by atoms with Crippen molar-refractivity contribution in [2.75, 3.05) is 20.1 Å². The van der Waals surface area contributed by atoms with Crippen molar-refractivity contribution in [3.05, 3.63) is 35.4 Å². The quantitative estimate of drug-likeness (QED) is 0.869. The molecule has 2 atom stereocenters. The molecule has 2 heteroatoms.